The maximum Gasteiger partial charge on any atom is 0.416 e. The van der Waals surface area contributed by atoms with Gasteiger partial charge in [0.25, 0.3) is 0 Å². The van der Waals surface area contributed by atoms with Crippen molar-refractivity contribution in [1.29, 1.82) is 0 Å². The molecule has 0 aliphatic carbocycles. The fraction of sp³-hybridized carbons (Fsp3) is 0.174. The van der Waals surface area contributed by atoms with Gasteiger partial charge in [0.1, 0.15) is 5.82 Å². The number of benzene rings is 3. The molecule has 0 unspecified atom stereocenters. The van der Waals surface area contributed by atoms with E-state index < -0.39 is 38.5 Å². The Kier molecular flexibility index (Phi) is 7.57. The van der Waals surface area contributed by atoms with E-state index in [4.69, 9.17) is 0 Å². The summed E-state index contributed by atoms with van der Waals surface area (Å²) in [6.45, 7) is 1.31. The topological polar surface area (TPSA) is 78.5 Å². The van der Waals surface area contributed by atoms with E-state index in [0.29, 0.717) is 17.4 Å². The van der Waals surface area contributed by atoms with E-state index in [1.54, 1.807) is 31.2 Å². The molecule has 2 N–H and O–H groups in total. The number of hydrogen-bond donors (Lipinski definition) is 2. The van der Waals surface area contributed by atoms with Crippen LogP contribution in [-0.4, -0.2) is 27.5 Å². The molecule has 2 amide bonds. The van der Waals surface area contributed by atoms with Crippen molar-refractivity contribution < 1.29 is 30.8 Å². The summed E-state index contributed by atoms with van der Waals surface area (Å²) in [5.41, 5.74) is 0.524. The van der Waals surface area contributed by atoms with Gasteiger partial charge in [-0.3, -0.25) is 4.90 Å². The Morgan fingerprint density at radius 1 is 0.971 bits per heavy atom. The highest BCUT2D eigenvalue weighted by Gasteiger charge is 2.31. The molecule has 6 nitrogen and oxygen atoms in total. The van der Waals surface area contributed by atoms with Crippen molar-refractivity contribution in [2.24, 2.45) is 0 Å². The van der Waals surface area contributed by atoms with Gasteiger partial charge in [-0.25, -0.2) is 22.3 Å². The van der Waals surface area contributed by atoms with Gasteiger partial charge in [-0.2, -0.15) is 13.2 Å². The molecule has 34 heavy (non-hydrogen) atoms. The summed E-state index contributed by atoms with van der Waals surface area (Å²) >= 11 is 0. The van der Waals surface area contributed by atoms with Crippen LogP contribution in [0.3, 0.4) is 0 Å². The Labute approximate surface area is 194 Å². The fourth-order valence-electron chi connectivity index (χ4n) is 3.08. The Balaban J connectivity index is 1.77. The number of nitrogens with zero attached hydrogens (tertiary/aromatic N) is 1. The molecule has 0 fully saturated rings. The Morgan fingerprint density at radius 3 is 2.29 bits per heavy atom. The zero-order chi connectivity index (χ0) is 24.9. The lowest BCUT2D eigenvalue weighted by atomic mass is 10.2. The Morgan fingerprint density at radius 2 is 1.65 bits per heavy atom. The molecule has 0 heterocycles. The van der Waals surface area contributed by atoms with Gasteiger partial charge >= 0.3 is 12.2 Å². The van der Waals surface area contributed by atoms with Crippen LogP contribution >= 0.6 is 0 Å². The molecule has 0 bridgehead atoms. The SMILES string of the molecule is Cc1ccccc1NC(=O)N(CCNS(=O)(=O)c1cccc(C(F)(F)F)c1)c1ccc(F)cc1. The summed E-state index contributed by atoms with van der Waals surface area (Å²) in [4.78, 5) is 13.6. The first-order valence-electron chi connectivity index (χ1n) is 10.0. The first kappa shape index (κ1) is 25.2. The molecule has 180 valence electrons. The van der Waals surface area contributed by atoms with Crippen LogP contribution in [0.5, 0.6) is 0 Å². The molecule has 3 aromatic rings. The molecule has 11 heteroatoms. The van der Waals surface area contributed by atoms with E-state index in [9.17, 15) is 30.8 Å². The van der Waals surface area contributed by atoms with Crippen LogP contribution in [0.25, 0.3) is 0 Å². The van der Waals surface area contributed by atoms with E-state index in [1.807, 2.05) is 0 Å². The van der Waals surface area contributed by atoms with E-state index in [1.165, 1.54) is 17.0 Å². The van der Waals surface area contributed by atoms with Gasteiger partial charge in [-0.15, -0.1) is 0 Å². The zero-order valence-corrected chi connectivity index (χ0v) is 18.8. The van der Waals surface area contributed by atoms with Gasteiger partial charge in [-0.05, 0) is 61.0 Å². The molecule has 0 saturated heterocycles. The van der Waals surface area contributed by atoms with Gasteiger partial charge < -0.3 is 5.32 Å². The molecule has 0 spiro atoms. The average Bonchev–Trinajstić information content (AvgIpc) is 2.78. The van der Waals surface area contributed by atoms with Crippen LogP contribution in [0.2, 0.25) is 0 Å². The van der Waals surface area contributed by atoms with Crippen LogP contribution in [0, 0.1) is 12.7 Å². The fourth-order valence-corrected chi connectivity index (χ4v) is 4.15. The second kappa shape index (κ2) is 10.2. The third-order valence-corrected chi connectivity index (χ3v) is 6.33. The highest BCUT2D eigenvalue weighted by Crippen LogP contribution is 2.30. The molecule has 3 rings (SSSR count). The van der Waals surface area contributed by atoms with Crippen molar-refractivity contribution in [1.82, 2.24) is 4.72 Å². The Bertz CT molecular complexity index is 1260. The quantitative estimate of drug-likeness (QED) is 0.444. The number of rotatable bonds is 7. The first-order chi connectivity index (χ1) is 16.0. The van der Waals surface area contributed by atoms with Crippen molar-refractivity contribution >= 4 is 27.4 Å². The maximum atomic E-state index is 13.4. The molecule has 3 aromatic carbocycles. The van der Waals surface area contributed by atoms with Crippen molar-refractivity contribution in [3.05, 3.63) is 89.7 Å². The minimum atomic E-state index is -4.70. The number of sulfonamides is 1. The van der Waals surface area contributed by atoms with Crippen LogP contribution in [0.15, 0.2) is 77.7 Å². The van der Waals surface area contributed by atoms with Crippen molar-refractivity contribution in [3.8, 4) is 0 Å². The largest absolute Gasteiger partial charge is 0.416 e. The predicted molar refractivity (Wildman–Crippen MR) is 121 cm³/mol. The van der Waals surface area contributed by atoms with E-state index in [0.717, 1.165) is 35.9 Å². The summed E-state index contributed by atoms with van der Waals surface area (Å²) in [5, 5.41) is 2.72. The monoisotopic (exact) mass is 495 g/mol. The van der Waals surface area contributed by atoms with Crippen LogP contribution in [0.4, 0.5) is 33.7 Å². The summed E-state index contributed by atoms with van der Waals surface area (Å²) in [5.74, 6) is -0.520. The van der Waals surface area contributed by atoms with Gasteiger partial charge in [0, 0.05) is 24.5 Å². The molecule has 0 aromatic heterocycles. The van der Waals surface area contributed by atoms with Crippen LogP contribution in [-0.2, 0) is 16.2 Å². The number of aryl methyl sites for hydroxylation is 1. The highest BCUT2D eigenvalue weighted by atomic mass is 32.2. The molecule has 0 radical (unpaired) electrons. The van der Waals surface area contributed by atoms with Gasteiger partial charge in [0.2, 0.25) is 10.0 Å². The average molecular weight is 495 g/mol. The number of nitrogens with one attached hydrogen (secondary N) is 2. The minimum absolute atomic E-state index is 0.179. The molecule has 0 atom stereocenters. The van der Waals surface area contributed by atoms with Gasteiger partial charge in [0.05, 0.1) is 10.5 Å². The number of urea groups is 1. The van der Waals surface area contributed by atoms with Crippen molar-refractivity contribution in [3.63, 3.8) is 0 Å². The summed E-state index contributed by atoms with van der Waals surface area (Å²) < 4.78 is 79.4. The van der Waals surface area contributed by atoms with E-state index >= 15 is 0 Å². The smallest absolute Gasteiger partial charge is 0.307 e. The molecular weight excluding hydrogens is 474 g/mol. The minimum Gasteiger partial charge on any atom is -0.307 e. The highest BCUT2D eigenvalue weighted by molar-refractivity contribution is 7.89. The lowest BCUT2D eigenvalue weighted by molar-refractivity contribution is -0.137. The zero-order valence-electron chi connectivity index (χ0n) is 17.9. The van der Waals surface area contributed by atoms with E-state index in [-0.39, 0.29) is 13.1 Å². The number of para-hydroxylation sites is 1. The second-order valence-electron chi connectivity index (χ2n) is 7.30. The van der Waals surface area contributed by atoms with Crippen molar-refractivity contribution in [2.75, 3.05) is 23.3 Å². The first-order valence-corrected chi connectivity index (χ1v) is 11.5. The van der Waals surface area contributed by atoms with Crippen molar-refractivity contribution in [2.45, 2.75) is 18.0 Å². The standard InChI is InChI=1S/C23H21F4N3O3S/c1-16-5-2-3-8-21(16)29-22(31)30(19-11-9-18(24)10-12-19)14-13-28-34(32,33)20-7-4-6-17(15-20)23(25,26)27/h2-12,15,28H,13-14H2,1H3,(H,29,31). The summed E-state index contributed by atoms with van der Waals surface area (Å²) in [6, 6.07) is 14.8. The number of alkyl halides is 3. The third-order valence-electron chi connectivity index (χ3n) is 4.87. The number of halogens is 4. The van der Waals surface area contributed by atoms with Gasteiger partial charge in [0.15, 0.2) is 0 Å². The number of carbonyl (C=O) groups is 1. The lowest BCUT2D eigenvalue weighted by Gasteiger charge is -2.24. The molecule has 0 saturated carbocycles. The number of carbonyl (C=O) groups excluding carboxylic acids is 1. The molecule has 0 aliphatic heterocycles. The normalized spacial score (nSPS) is 11.8. The number of hydrogen-bond acceptors (Lipinski definition) is 3. The number of anilines is 2. The lowest BCUT2D eigenvalue weighted by Crippen LogP contribution is -2.41. The second-order valence-corrected chi connectivity index (χ2v) is 9.06. The van der Waals surface area contributed by atoms with E-state index in [2.05, 4.69) is 10.0 Å². The maximum absolute atomic E-state index is 13.4. The molecule has 0 aliphatic rings. The third kappa shape index (κ3) is 6.33. The summed E-state index contributed by atoms with van der Waals surface area (Å²) in [6.07, 6.45) is -4.70. The Hall–Kier alpha value is -3.44. The van der Waals surface area contributed by atoms with Gasteiger partial charge in [-0.1, -0.05) is 24.3 Å². The molecular formula is C23H21F4N3O3S. The van der Waals surface area contributed by atoms with Crippen LogP contribution in [0.1, 0.15) is 11.1 Å². The summed E-state index contributed by atoms with van der Waals surface area (Å²) in [7, 11) is -4.29. The number of amides is 2. The van der Waals surface area contributed by atoms with Crippen LogP contribution < -0.4 is 14.9 Å². The predicted octanol–water partition coefficient (Wildman–Crippen LogP) is 5.17.